The van der Waals surface area contributed by atoms with Crippen molar-refractivity contribution in [2.45, 2.75) is 19.4 Å². The van der Waals surface area contributed by atoms with Gasteiger partial charge in [-0.2, -0.15) is 5.10 Å². The number of anilines is 1. The molecule has 4 aromatic rings. The molecule has 1 unspecified atom stereocenters. The second kappa shape index (κ2) is 5.32. The van der Waals surface area contributed by atoms with Crippen LogP contribution in [0.15, 0.2) is 35.1 Å². The number of nitrogens with one attached hydrogen (secondary N) is 1. The lowest BCUT2D eigenvalue weighted by Gasteiger charge is -2.32. The summed E-state index contributed by atoms with van der Waals surface area (Å²) in [6, 6.07) is 5.95. The molecule has 126 valence electrons. The number of hydrogen-bond donors (Lipinski definition) is 1. The minimum absolute atomic E-state index is 0.217. The third-order valence-electron chi connectivity index (χ3n) is 4.44. The summed E-state index contributed by atoms with van der Waals surface area (Å²) in [4.78, 5) is 9.78. The molecule has 0 fully saturated rings. The van der Waals surface area contributed by atoms with Crippen LogP contribution < -0.4 is 4.90 Å². The van der Waals surface area contributed by atoms with E-state index in [1.807, 2.05) is 29.3 Å². The Labute approximate surface area is 147 Å². The van der Waals surface area contributed by atoms with Crippen molar-refractivity contribution in [2.75, 3.05) is 11.4 Å². The lowest BCUT2D eigenvalue weighted by molar-refractivity contribution is 0.477. The molecule has 5 heterocycles. The van der Waals surface area contributed by atoms with E-state index in [1.54, 1.807) is 17.8 Å². The van der Waals surface area contributed by atoms with Gasteiger partial charge in [-0.25, -0.2) is 9.50 Å². The molecule has 0 amide bonds. The number of hydrogen-bond acceptors (Lipinski definition) is 6. The Kier molecular flexibility index (Phi) is 3.08. The van der Waals surface area contributed by atoms with Gasteiger partial charge in [0.05, 0.1) is 28.3 Å². The maximum Gasteiger partial charge on any atom is 0.319 e. The summed E-state index contributed by atoms with van der Waals surface area (Å²) in [7, 11) is 0. The first-order valence-electron chi connectivity index (χ1n) is 7.93. The van der Waals surface area contributed by atoms with Gasteiger partial charge in [-0.15, -0.1) is 5.10 Å². The molecule has 0 aliphatic carbocycles. The minimum atomic E-state index is -0.217. The average molecular weight is 356 g/mol. The quantitative estimate of drug-likeness (QED) is 0.594. The predicted octanol–water partition coefficient (Wildman–Crippen LogP) is 2.55. The van der Waals surface area contributed by atoms with Crippen molar-refractivity contribution in [3.05, 3.63) is 58.7 Å². The highest BCUT2D eigenvalue weighted by Gasteiger charge is 2.35. The zero-order valence-electron chi connectivity index (χ0n) is 13.3. The van der Waals surface area contributed by atoms with Gasteiger partial charge in [0.25, 0.3) is 0 Å². The summed E-state index contributed by atoms with van der Waals surface area (Å²) >= 11 is 6.31. The van der Waals surface area contributed by atoms with Crippen molar-refractivity contribution < 1.29 is 4.42 Å². The van der Waals surface area contributed by atoms with E-state index in [0.717, 1.165) is 35.6 Å². The zero-order valence-corrected chi connectivity index (χ0v) is 14.1. The van der Waals surface area contributed by atoms with E-state index in [2.05, 4.69) is 20.2 Å². The number of fused-ring (bicyclic) bond motifs is 2. The fourth-order valence-electron chi connectivity index (χ4n) is 3.32. The van der Waals surface area contributed by atoms with Crippen molar-refractivity contribution >= 4 is 23.1 Å². The highest BCUT2D eigenvalue weighted by molar-refractivity contribution is 6.33. The number of imidazole rings is 1. The molecule has 0 saturated heterocycles. The van der Waals surface area contributed by atoms with Crippen LogP contribution in [0, 0.1) is 6.92 Å². The molecule has 0 spiro atoms. The topological polar surface area (TPSA) is 88.1 Å². The maximum atomic E-state index is 6.31. The summed E-state index contributed by atoms with van der Waals surface area (Å²) in [5.74, 6) is 0.527. The lowest BCUT2D eigenvalue weighted by Crippen LogP contribution is -2.36. The molecular formula is C16H14ClN7O. The van der Waals surface area contributed by atoms with Crippen LogP contribution in [-0.4, -0.2) is 36.3 Å². The first-order chi connectivity index (χ1) is 12.2. The van der Waals surface area contributed by atoms with Crippen LogP contribution in [0.2, 0.25) is 5.02 Å². The van der Waals surface area contributed by atoms with Crippen LogP contribution in [0.3, 0.4) is 0 Å². The molecule has 0 saturated carbocycles. The Morgan fingerprint density at radius 2 is 2.28 bits per heavy atom. The van der Waals surface area contributed by atoms with Crippen molar-refractivity contribution in [3.63, 3.8) is 0 Å². The van der Waals surface area contributed by atoms with E-state index in [9.17, 15) is 0 Å². The SMILES string of the molecule is Cc1nnc(N2CCc3[nH]cnc3C2c2cc3c(Cl)cccn3n2)o1. The third kappa shape index (κ3) is 2.21. The molecule has 9 heteroatoms. The Hall–Kier alpha value is -2.87. The number of aryl methyl sites for hydroxylation is 1. The molecule has 5 rings (SSSR count). The van der Waals surface area contributed by atoms with Gasteiger partial charge in [0.2, 0.25) is 5.89 Å². The molecule has 0 radical (unpaired) electrons. The molecular weight excluding hydrogens is 342 g/mol. The Balaban J connectivity index is 1.69. The fourth-order valence-corrected chi connectivity index (χ4v) is 3.53. The van der Waals surface area contributed by atoms with Crippen molar-refractivity contribution in [1.29, 1.82) is 0 Å². The summed E-state index contributed by atoms with van der Waals surface area (Å²) in [5, 5.41) is 13.5. The molecule has 1 aliphatic heterocycles. The molecule has 4 aromatic heterocycles. The monoisotopic (exact) mass is 355 g/mol. The number of halogens is 1. The van der Waals surface area contributed by atoms with Gasteiger partial charge >= 0.3 is 6.01 Å². The lowest BCUT2D eigenvalue weighted by atomic mass is 10.0. The average Bonchev–Trinajstić information content (AvgIpc) is 3.32. The number of pyridine rings is 1. The first kappa shape index (κ1) is 14.5. The van der Waals surface area contributed by atoms with Crippen LogP contribution >= 0.6 is 11.6 Å². The first-order valence-corrected chi connectivity index (χ1v) is 8.31. The predicted molar refractivity (Wildman–Crippen MR) is 90.7 cm³/mol. The van der Waals surface area contributed by atoms with Crippen molar-refractivity contribution in [1.82, 2.24) is 29.8 Å². The summed E-state index contributed by atoms with van der Waals surface area (Å²) in [5.41, 5.74) is 3.70. The largest absolute Gasteiger partial charge is 0.408 e. The van der Waals surface area contributed by atoms with Gasteiger partial charge < -0.3 is 14.3 Å². The van der Waals surface area contributed by atoms with Gasteiger partial charge in [0.15, 0.2) is 0 Å². The van der Waals surface area contributed by atoms with Crippen LogP contribution in [0.5, 0.6) is 0 Å². The second-order valence-electron chi connectivity index (χ2n) is 5.97. The minimum Gasteiger partial charge on any atom is -0.408 e. The highest BCUT2D eigenvalue weighted by Crippen LogP contribution is 2.36. The number of H-pyrrole nitrogens is 1. The molecule has 0 aromatic carbocycles. The van der Waals surface area contributed by atoms with Crippen LogP contribution in [0.4, 0.5) is 6.01 Å². The van der Waals surface area contributed by atoms with Crippen LogP contribution in [0.1, 0.15) is 29.0 Å². The van der Waals surface area contributed by atoms with E-state index in [0.29, 0.717) is 16.9 Å². The standard InChI is InChI=1S/C16H14ClN7O/c1-9-20-21-16(25-9)23-6-4-11-14(19-8-18-11)15(23)12-7-13-10(17)3-2-5-24(13)22-12/h2-3,5,7-8,15H,4,6H2,1H3,(H,18,19). The van der Waals surface area contributed by atoms with Crippen LogP contribution in [0.25, 0.3) is 5.52 Å². The molecule has 8 nitrogen and oxygen atoms in total. The molecule has 25 heavy (non-hydrogen) atoms. The summed E-state index contributed by atoms with van der Waals surface area (Å²) < 4.78 is 7.44. The highest BCUT2D eigenvalue weighted by atomic mass is 35.5. The fraction of sp³-hybridized carbons (Fsp3) is 0.250. The Bertz CT molecular complexity index is 1070. The number of nitrogens with zero attached hydrogens (tertiary/aromatic N) is 6. The Morgan fingerprint density at radius 1 is 1.36 bits per heavy atom. The molecule has 1 atom stereocenters. The van der Waals surface area contributed by atoms with E-state index < -0.39 is 0 Å². The van der Waals surface area contributed by atoms with E-state index in [-0.39, 0.29) is 6.04 Å². The van der Waals surface area contributed by atoms with Gasteiger partial charge in [0.1, 0.15) is 6.04 Å². The molecule has 1 N–H and O–H groups in total. The van der Waals surface area contributed by atoms with E-state index >= 15 is 0 Å². The van der Waals surface area contributed by atoms with Gasteiger partial charge in [0, 0.05) is 31.8 Å². The number of aromatic amines is 1. The van der Waals surface area contributed by atoms with E-state index in [4.69, 9.17) is 21.1 Å². The summed E-state index contributed by atoms with van der Waals surface area (Å²) in [6.45, 7) is 2.50. The van der Waals surface area contributed by atoms with Gasteiger partial charge in [-0.05, 0) is 18.2 Å². The van der Waals surface area contributed by atoms with Crippen molar-refractivity contribution in [3.8, 4) is 0 Å². The Morgan fingerprint density at radius 3 is 3.08 bits per heavy atom. The summed E-state index contributed by atoms with van der Waals surface area (Å²) in [6.07, 6.45) is 4.41. The van der Waals surface area contributed by atoms with Gasteiger partial charge in [-0.1, -0.05) is 16.7 Å². The molecule has 1 aliphatic rings. The zero-order chi connectivity index (χ0) is 17.0. The number of aromatic nitrogens is 6. The van der Waals surface area contributed by atoms with Crippen molar-refractivity contribution in [2.24, 2.45) is 0 Å². The number of rotatable bonds is 2. The third-order valence-corrected chi connectivity index (χ3v) is 4.75. The smallest absolute Gasteiger partial charge is 0.319 e. The van der Waals surface area contributed by atoms with E-state index in [1.165, 1.54) is 0 Å². The second-order valence-corrected chi connectivity index (χ2v) is 6.38. The van der Waals surface area contributed by atoms with Gasteiger partial charge in [-0.3, -0.25) is 0 Å². The normalized spacial score (nSPS) is 17.2. The molecule has 0 bridgehead atoms. The van der Waals surface area contributed by atoms with Crippen LogP contribution in [-0.2, 0) is 6.42 Å². The maximum absolute atomic E-state index is 6.31.